The number of methoxy groups -OCH3 is 1. The molecule has 7 nitrogen and oxygen atoms in total. The van der Waals surface area contributed by atoms with Gasteiger partial charge in [0.1, 0.15) is 24.1 Å². The number of carbonyl (C=O) groups is 1. The Morgan fingerprint density at radius 1 is 1.13 bits per heavy atom. The van der Waals surface area contributed by atoms with E-state index in [0.717, 1.165) is 21.9 Å². The lowest BCUT2D eigenvalue weighted by molar-refractivity contribution is -0.123. The lowest BCUT2D eigenvalue weighted by Crippen LogP contribution is -2.52. The van der Waals surface area contributed by atoms with E-state index in [4.69, 9.17) is 9.47 Å². The fourth-order valence-electron chi connectivity index (χ4n) is 3.10. The molecule has 0 aliphatic carbocycles. The maximum Gasteiger partial charge on any atom is 0.244 e. The second kappa shape index (κ2) is 10.3. The summed E-state index contributed by atoms with van der Waals surface area (Å²) in [6.45, 7) is 5.82. The van der Waals surface area contributed by atoms with Gasteiger partial charge >= 0.3 is 0 Å². The number of amides is 1. The summed E-state index contributed by atoms with van der Waals surface area (Å²) >= 11 is 0. The zero-order chi connectivity index (χ0) is 22.3. The summed E-state index contributed by atoms with van der Waals surface area (Å²) in [6, 6.07) is 13.0. The van der Waals surface area contributed by atoms with Crippen LogP contribution in [0.1, 0.15) is 25.8 Å². The summed E-state index contributed by atoms with van der Waals surface area (Å²) < 4.78 is 37.1. The molecule has 0 spiro atoms. The Kier molecular flexibility index (Phi) is 8.11. The minimum Gasteiger partial charge on any atom is -0.497 e. The summed E-state index contributed by atoms with van der Waals surface area (Å²) in [5, 5.41) is 2.87. The van der Waals surface area contributed by atoms with Gasteiger partial charge in [-0.2, -0.15) is 0 Å². The highest BCUT2D eigenvalue weighted by molar-refractivity contribution is 7.92. The summed E-state index contributed by atoms with van der Waals surface area (Å²) in [6.07, 6.45) is 1.41. The van der Waals surface area contributed by atoms with Crippen molar-refractivity contribution < 1.29 is 22.7 Å². The van der Waals surface area contributed by atoms with Crippen molar-refractivity contribution in [2.75, 3.05) is 24.3 Å². The van der Waals surface area contributed by atoms with Crippen molar-refractivity contribution in [3.63, 3.8) is 0 Å². The van der Waals surface area contributed by atoms with Crippen molar-refractivity contribution in [1.82, 2.24) is 5.32 Å². The van der Waals surface area contributed by atoms with Crippen molar-refractivity contribution in [3.05, 3.63) is 54.1 Å². The molecule has 0 unspecified atom stereocenters. The molecule has 0 aliphatic heterocycles. The van der Waals surface area contributed by atoms with Gasteiger partial charge in [0.15, 0.2) is 0 Å². The molecule has 1 amide bonds. The third kappa shape index (κ3) is 6.13. The van der Waals surface area contributed by atoms with E-state index in [0.29, 0.717) is 17.9 Å². The Balaban J connectivity index is 2.13. The molecule has 0 fully saturated rings. The van der Waals surface area contributed by atoms with Crippen LogP contribution < -0.4 is 19.1 Å². The van der Waals surface area contributed by atoms with Crippen LogP contribution in [0.4, 0.5) is 5.69 Å². The average Bonchev–Trinajstić information content (AvgIpc) is 2.70. The number of aryl methyl sites for hydroxylation is 1. The van der Waals surface area contributed by atoms with Crippen LogP contribution in [0.3, 0.4) is 0 Å². The van der Waals surface area contributed by atoms with Crippen LogP contribution in [0, 0.1) is 6.92 Å². The highest BCUT2D eigenvalue weighted by Gasteiger charge is 2.32. The van der Waals surface area contributed by atoms with Crippen LogP contribution in [-0.4, -0.2) is 46.4 Å². The van der Waals surface area contributed by atoms with Gasteiger partial charge in [-0.3, -0.25) is 9.10 Å². The van der Waals surface area contributed by atoms with Crippen molar-refractivity contribution in [1.29, 1.82) is 0 Å². The SMILES string of the molecule is CC[C@@H](C(=O)N[C@@H](C)COc1ccccc1C)N(c1ccc(OC)cc1)S(C)(=O)=O. The molecular weight excluding hydrogens is 404 g/mol. The molecule has 8 heteroatoms. The van der Waals surface area contributed by atoms with Crippen molar-refractivity contribution in [3.8, 4) is 11.5 Å². The van der Waals surface area contributed by atoms with Gasteiger partial charge in [-0.1, -0.05) is 25.1 Å². The Bertz CT molecular complexity index is 944. The summed E-state index contributed by atoms with van der Waals surface area (Å²) in [5.41, 5.74) is 1.41. The number of hydrogen-bond acceptors (Lipinski definition) is 5. The second-order valence-corrected chi connectivity index (χ2v) is 9.03. The van der Waals surface area contributed by atoms with Crippen molar-refractivity contribution in [2.45, 2.75) is 39.3 Å². The van der Waals surface area contributed by atoms with Crippen LogP contribution in [0.15, 0.2) is 48.5 Å². The lowest BCUT2D eigenvalue weighted by Gasteiger charge is -2.31. The molecule has 0 aliphatic rings. The van der Waals surface area contributed by atoms with Crippen molar-refractivity contribution >= 4 is 21.6 Å². The Morgan fingerprint density at radius 2 is 1.77 bits per heavy atom. The van der Waals surface area contributed by atoms with Crippen molar-refractivity contribution in [2.24, 2.45) is 0 Å². The minimum atomic E-state index is -3.69. The third-order valence-electron chi connectivity index (χ3n) is 4.63. The molecule has 0 saturated carbocycles. The van der Waals surface area contributed by atoms with E-state index in [1.807, 2.05) is 38.1 Å². The number of ether oxygens (including phenoxy) is 2. The van der Waals surface area contributed by atoms with E-state index >= 15 is 0 Å². The number of sulfonamides is 1. The molecule has 2 aromatic carbocycles. The number of hydrogen-bond donors (Lipinski definition) is 1. The van der Waals surface area contributed by atoms with E-state index in [-0.39, 0.29) is 18.6 Å². The van der Waals surface area contributed by atoms with Crippen LogP contribution in [0.2, 0.25) is 0 Å². The first-order valence-electron chi connectivity index (χ1n) is 9.79. The number of benzene rings is 2. The van der Waals surface area contributed by atoms with E-state index in [1.165, 1.54) is 7.11 Å². The van der Waals surface area contributed by atoms with Crippen LogP contribution >= 0.6 is 0 Å². The van der Waals surface area contributed by atoms with E-state index in [2.05, 4.69) is 5.32 Å². The number of anilines is 1. The maximum atomic E-state index is 13.0. The molecule has 0 radical (unpaired) electrons. The van der Waals surface area contributed by atoms with Gasteiger partial charge < -0.3 is 14.8 Å². The summed E-state index contributed by atoms with van der Waals surface area (Å²) in [5.74, 6) is 0.980. The van der Waals surface area contributed by atoms with Crippen LogP contribution in [-0.2, 0) is 14.8 Å². The number of rotatable bonds is 10. The quantitative estimate of drug-likeness (QED) is 0.621. The van der Waals surface area contributed by atoms with Gasteiger partial charge in [0.05, 0.1) is 25.1 Å². The Hall–Kier alpha value is -2.74. The molecule has 30 heavy (non-hydrogen) atoms. The minimum absolute atomic E-state index is 0.272. The molecule has 2 rings (SSSR count). The largest absolute Gasteiger partial charge is 0.497 e. The highest BCUT2D eigenvalue weighted by Crippen LogP contribution is 2.25. The zero-order valence-corrected chi connectivity index (χ0v) is 18.9. The molecule has 2 atom stereocenters. The summed E-state index contributed by atoms with van der Waals surface area (Å²) in [4.78, 5) is 13.0. The highest BCUT2D eigenvalue weighted by atomic mass is 32.2. The van der Waals surface area contributed by atoms with Gasteiger partial charge in [0.2, 0.25) is 15.9 Å². The monoisotopic (exact) mass is 434 g/mol. The van der Waals surface area contributed by atoms with Gasteiger partial charge in [-0.25, -0.2) is 8.42 Å². The van der Waals surface area contributed by atoms with Gasteiger partial charge in [0.25, 0.3) is 0 Å². The number of carbonyl (C=O) groups excluding carboxylic acids is 1. The maximum absolute atomic E-state index is 13.0. The molecule has 0 saturated heterocycles. The van der Waals surface area contributed by atoms with Gasteiger partial charge in [0, 0.05) is 0 Å². The number of para-hydroxylation sites is 1. The Labute approximate surface area is 179 Å². The van der Waals surface area contributed by atoms with Crippen LogP contribution in [0.5, 0.6) is 11.5 Å². The second-order valence-electron chi connectivity index (χ2n) is 7.17. The first-order valence-corrected chi connectivity index (χ1v) is 11.6. The van der Waals surface area contributed by atoms with Crippen LogP contribution in [0.25, 0.3) is 0 Å². The molecule has 2 aromatic rings. The number of nitrogens with zero attached hydrogens (tertiary/aromatic N) is 1. The van der Waals surface area contributed by atoms with E-state index in [9.17, 15) is 13.2 Å². The molecular formula is C22H30N2O5S. The standard InChI is InChI=1S/C22H30N2O5S/c1-6-20(24(30(5,26)27)18-11-13-19(28-4)14-12-18)22(25)23-17(3)15-29-21-10-8-7-9-16(21)2/h7-14,17,20H,6,15H2,1-5H3,(H,23,25)/t17-,20-/m0/s1. The fraction of sp³-hybridized carbons (Fsp3) is 0.409. The molecule has 0 bridgehead atoms. The zero-order valence-electron chi connectivity index (χ0n) is 18.1. The van der Waals surface area contributed by atoms with E-state index in [1.54, 1.807) is 31.2 Å². The predicted octanol–water partition coefficient (Wildman–Crippen LogP) is 3.13. The molecule has 1 N–H and O–H groups in total. The first kappa shape index (κ1) is 23.5. The topological polar surface area (TPSA) is 84.9 Å². The average molecular weight is 435 g/mol. The molecule has 0 aromatic heterocycles. The van der Waals surface area contributed by atoms with Gasteiger partial charge in [-0.15, -0.1) is 0 Å². The van der Waals surface area contributed by atoms with E-state index < -0.39 is 16.1 Å². The lowest BCUT2D eigenvalue weighted by atomic mass is 10.1. The third-order valence-corrected chi connectivity index (χ3v) is 5.81. The predicted molar refractivity (Wildman–Crippen MR) is 119 cm³/mol. The smallest absolute Gasteiger partial charge is 0.244 e. The summed E-state index contributed by atoms with van der Waals surface area (Å²) in [7, 11) is -2.16. The number of nitrogens with one attached hydrogen (secondary N) is 1. The molecule has 0 heterocycles. The normalized spacial score (nSPS) is 13.2. The Morgan fingerprint density at radius 3 is 2.30 bits per heavy atom. The van der Waals surface area contributed by atoms with Gasteiger partial charge in [-0.05, 0) is 56.2 Å². The fourth-order valence-corrected chi connectivity index (χ4v) is 4.32. The molecule has 164 valence electrons. The first-order chi connectivity index (χ1) is 14.2.